The van der Waals surface area contributed by atoms with Gasteiger partial charge in [0.2, 0.25) is 0 Å². The third-order valence-electron chi connectivity index (χ3n) is 4.13. The molecule has 0 saturated heterocycles. The van der Waals surface area contributed by atoms with E-state index >= 15 is 0 Å². The molecule has 0 radical (unpaired) electrons. The molecule has 0 unspecified atom stereocenters. The summed E-state index contributed by atoms with van der Waals surface area (Å²) in [4.78, 5) is 2.48. The number of rotatable bonds is 3. The van der Waals surface area contributed by atoms with Gasteiger partial charge in [0.1, 0.15) is 5.75 Å². The summed E-state index contributed by atoms with van der Waals surface area (Å²) >= 11 is 0. The van der Waals surface area contributed by atoms with Gasteiger partial charge in [-0.15, -0.1) is 0 Å². The number of hydrogen-bond donors (Lipinski definition) is 1. The maximum atomic E-state index is 5.92. The highest BCUT2D eigenvalue weighted by Crippen LogP contribution is 2.25. The molecule has 0 saturated carbocycles. The van der Waals surface area contributed by atoms with Crippen LogP contribution in [0, 0.1) is 0 Å². The highest BCUT2D eigenvalue weighted by molar-refractivity contribution is 5.47. The average Bonchev–Trinajstić information content (AvgIpc) is 2.69. The van der Waals surface area contributed by atoms with E-state index in [1.807, 2.05) is 18.2 Å². The van der Waals surface area contributed by atoms with E-state index in [-0.39, 0.29) is 0 Å². The van der Waals surface area contributed by atoms with Crippen molar-refractivity contribution in [2.24, 2.45) is 0 Å². The lowest BCUT2D eigenvalue weighted by atomic mass is 10.0. The molecule has 2 aromatic carbocycles. The van der Waals surface area contributed by atoms with Crippen LogP contribution in [-0.4, -0.2) is 18.6 Å². The van der Waals surface area contributed by atoms with Gasteiger partial charge in [0.05, 0.1) is 7.11 Å². The summed E-state index contributed by atoms with van der Waals surface area (Å²) in [5, 5.41) is 0. The van der Waals surface area contributed by atoms with Gasteiger partial charge in [-0.3, -0.25) is 4.90 Å². The second-order valence-electron chi connectivity index (χ2n) is 5.65. The van der Waals surface area contributed by atoms with Gasteiger partial charge in [-0.2, -0.15) is 0 Å². The minimum atomic E-state index is 0.793. The number of ether oxygens (including phenoxy) is 1. The van der Waals surface area contributed by atoms with Crippen LogP contribution < -0.4 is 10.5 Å². The van der Waals surface area contributed by atoms with E-state index in [0.717, 1.165) is 36.6 Å². The van der Waals surface area contributed by atoms with Crippen molar-refractivity contribution in [1.82, 2.24) is 4.90 Å². The quantitative estimate of drug-likeness (QED) is 0.878. The van der Waals surface area contributed by atoms with E-state index in [1.54, 1.807) is 7.11 Å². The normalized spacial score (nSPS) is 15.3. The predicted molar refractivity (Wildman–Crippen MR) is 86.3 cm³/mol. The van der Waals surface area contributed by atoms with Crippen LogP contribution in [0.2, 0.25) is 0 Å². The van der Waals surface area contributed by atoms with Gasteiger partial charge in [-0.1, -0.05) is 24.3 Å². The largest absolute Gasteiger partial charge is 0.496 e. The Morgan fingerprint density at radius 1 is 1.14 bits per heavy atom. The highest BCUT2D eigenvalue weighted by atomic mass is 16.5. The fraction of sp³-hybridized carbons (Fsp3) is 0.333. The third-order valence-corrected chi connectivity index (χ3v) is 4.13. The van der Waals surface area contributed by atoms with Gasteiger partial charge < -0.3 is 10.5 Å². The van der Waals surface area contributed by atoms with Gasteiger partial charge in [-0.05, 0) is 48.7 Å². The first-order valence-corrected chi connectivity index (χ1v) is 7.48. The van der Waals surface area contributed by atoms with Crippen molar-refractivity contribution >= 4 is 5.69 Å². The van der Waals surface area contributed by atoms with E-state index in [1.165, 1.54) is 24.0 Å². The van der Waals surface area contributed by atoms with Crippen LogP contribution in [0.15, 0.2) is 42.5 Å². The molecule has 0 aliphatic carbocycles. The fourth-order valence-electron chi connectivity index (χ4n) is 3.07. The second-order valence-corrected chi connectivity index (χ2v) is 5.65. The van der Waals surface area contributed by atoms with Crippen LogP contribution in [0.25, 0.3) is 0 Å². The summed E-state index contributed by atoms with van der Waals surface area (Å²) < 4.78 is 5.46. The Balaban J connectivity index is 1.81. The standard InChI is InChI=1S/C18H22N2O/c1-21-18-9-8-17(19)11-16(18)13-20-10-4-7-14-5-2-3-6-15(14)12-20/h2-3,5-6,8-9,11H,4,7,10,12-13,19H2,1H3. The summed E-state index contributed by atoms with van der Waals surface area (Å²) in [5.41, 5.74) is 10.8. The van der Waals surface area contributed by atoms with Gasteiger partial charge in [0, 0.05) is 24.3 Å². The van der Waals surface area contributed by atoms with Crippen LogP contribution in [0.5, 0.6) is 5.75 Å². The lowest BCUT2D eigenvalue weighted by Gasteiger charge is -2.22. The molecule has 21 heavy (non-hydrogen) atoms. The van der Waals surface area contributed by atoms with E-state index in [4.69, 9.17) is 10.5 Å². The Labute approximate surface area is 126 Å². The Morgan fingerprint density at radius 3 is 2.76 bits per heavy atom. The molecular formula is C18H22N2O. The van der Waals surface area contributed by atoms with Crippen LogP contribution >= 0.6 is 0 Å². The van der Waals surface area contributed by atoms with Crippen molar-refractivity contribution in [2.75, 3.05) is 19.4 Å². The molecule has 3 heteroatoms. The minimum absolute atomic E-state index is 0.793. The first-order valence-electron chi connectivity index (χ1n) is 7.48. The molecule has 0 spiro atoms. The average molecular weight is 282 g/mol. The zero-order valence-electron chi connectivity index (χ0n) is 12.5. The summed E-state index contributed by atoms with van der Waals surface area (Å²) in [6, 6.07) is 14.6. The third kappa shape index (κ3) is 3.19. The molecule has 0 bridgehead atoms. The number of benzene rings is 2. The summed E-state index contributed by atoms with van der Waals surface area (Å²) in [6.45, 7) is 2.98. The van der Waals surface area contributed by atoms with E-state index in [9.17, 15) is 0 Å². The summed E-state index contributed by atoms with van der Waals surface area (Å²) in [5.74, 6) is 0.918. The highest BCUT2D eigenvalue weighted by Gasteiger charge is 2.15. The molecule has 110 valence electrons. The lowest BCUT2D eigenvalue weighted by molar-refractivity contribution is 0.256. The molecule has 3 rings (SSSR count). The summed E-state index contributed by atoms with van der Waals surface area (Å²) in [7, 11) is 1.72. The molecule has 2 aromatic rings. The zero-order chi connectivity index (χ0) is 14.7. The number of nitrogen functional groups attached to an aromatic ring is 1. The first-order chi connectivity index (χ1) is 10.3. The molecule has 0 aromatic heterocycles. The Bertz CT molecular complexity index is 624. The number of hydrogen-bond acceptors (Lipinski definition) is 3. The van der Waals surface area contributed by atoms with Crippen molar-refractivity contribution in [3.8, 4) is 5.75 Å². The van der Waals surface area contributed by atoms with Gasteiger partial charge >= 0.3 is 0 Å². The van der Waals surface area contributed by atoms with E-state index < -0.39 is 0 Å². The van der Waals surface area contributed by atoms with Crippen LogP contribution in [-0.2, 0) is 19.5 Å². The van der Waals surface area contributed by atoms with Crippen LogP contribution in [0.1, 0.15) is 23.1 Å². The predicted octanol–water partition coefficient (Wildman–Crippen LogP) is 3.23. The maximum absolute atomic E-state index is 5.92. The number of aryl methyl sites for hydroxylation is 1. The monoisotopic (exact) mass is 282 g/mol. The molecule has 1 heterocycles. The van der Waals surface area contributed by atoms with Crippen molar-refractivity contribution in [2.45, 2.75) is 25.9 Å². The Morgan fingerprint density at radius 2 is 1.95 bits per heavy atom. The first kappa shape index (κ1) is 14.0. The van der Waals surface area contributed by atoms with Crippen LogP contribution in [0.4, 0.5) is 5.69 Å². The molecule has 1 aliphatic heterocycles. The van der Waals surface area contributed by atoms with Crippen molar-refractivity contribution < 1.29 is 4.74 Å². The molecule has 0 atom stereocenters. The number of anilines is 1. The molecule has 2 N–H and O–H groups in total. The molecule has 0 amide bonds. The molecule has 0 fully saturated rings. The van der Waals surface area contributed by atoms with Crippen LogP contribution in [0.3, 0.4) is 0 Å². The van der Waals surface area contributed by atoms with Gasteiger partial charge in [0.15, 0.2) is 0 Å². The van der Waals surface area contributed by atoms with Crippen molar-refractivity contribution in [1.29, 1.82) is 0 Å². The molecule has 1 aliphatic rings. The SMILES string of the molecule is COc1ccc(N)cc1CN1CCCc2ccccc2C1. The van der Waals surface area contributed by atoms with E-state index in [0.29, 0.717) is 0 Å². The topological polar surface area (TPSA) is 38.5 Å². The second kappa shape index (κ2) is 6.19. The van der Waals surface area contributed by atoms with E-state index in [2.05, 4.69) is 29.2 Å². The Hall–Kier alpha value is -2.00. The Kier molecular flexibility index (Phi) is 4.11. The van der Waals surface area contributed by atoms with Crippen molar-refractivity contribution in [3.63, 3.8) is 0 Å². The lowest BCUT2D eigenvalue weighted by Crippen LogP contribution is -2.23. The van der Waals surface area contributed by atoms with Gasteiger partial charge in [-0.25, -0.2) is 0 Å². The number of nitrogens with two attached hydrogens (primary N) is 1. The maximum Gasteiger partial charge on any atom is 0.123 e. The minimum Gasteiger partial charge on any atom is -0.496 e. The molecule has 3 nitrogen and oxygen atoms in total. The smallest absolute Gasteiger partial charge is 0.123 e. The molecular weight excluding hydrogens is 260 g/mol. The van der Waals surface area contributed by atoms with Crippen molar-refractivity contribution in [3.05, 3.63) is 59.2 Å². The fourth-order valence-corrected chi connectivity index (χ4v) is 3.07. The number of fused-ring (bicyclic) bond motifs is 1. The summed E-state index contributed by atoms with van der Waals surface area (Å²) in [6.07, 6.45) is 2.36. The zero-order valence-corrected chi connectivity index (χ0v) is 12.5. The number of nitrogens with zero attached hydrogens (tertiary/aromatic N) is 1. The number of methoxy groups -OCH3 is 1. The van der Waals surface area contributed by atoms with Gasteiger partial charge in [0.25, 0.3) is 0 Å².